The van der Waals surface area contributed by atoms with Gasteiger partial charge in [0.15, 0.2) is 11.5 Å². The van der Waals surface area contributed by atoms with Gasteiger partial charge < -0.3 is 15.2 Å². The number of fused-ring (bicyclic) bond motifs is 1. The topological polar surface area (TPSA) is 98.4 Å². The molecule has 0 atom stereocenters. The van der Waals surface area contributed by atoms with Gasteiger partial charge in [-0.05, 0) is 30.3 Å². The standard InChI is InChI=1S/C18H14ClFN4O4/c19-11-8-10(22-16(25)15-12(20)2-1-5-21-15)3-4-13(11)24-17(26)14-9-28-7-6-23(14)18(24)27/h1-5,8,26H,6-7,9H2,(H,22,25). The average Bonchev–Trinajstić information content (AvgIpc) is 2.93. The lowest BCUT2D eigenvalue weighted by Crippen LogP contribution is -2.28. The summed E-state index contributed by atoms with van der Waals surface area (Å²) >= 11 is 6.28. The van der Waals surface area contributed by atoms with Gasteiger partial charge in [-0.25, -0.2) is 18.7 Å². The number of anilines is 1. The van der Waals surface area contributed by atoms with Gasteiger partial charge in [-0.15, -0.1) is 0 Å². The fourth-order valence-electron chi connectivity index (χ4n) is 3.00. The molecule has 0 saturated heterocycles. The van der Waals surface area contributed by atoms with Crippen LogP contribution in [0.1, 0.15) is 16.2 Å². The van der Waals surface area contributed by atoms with Crippen LogP contribution in [0.15, 0.2) is 41.3 Å². The van der Waals surface area contributed by atoms with Crippen LogP contribution in [0.3, 0.4) is 0 Å². The zero-order valence-electron chi connectivity index (χ0n) is 14.4. The summed E-state index contributed by atoms with van der Waals surface area (Å²) in [6.07, 6.45) is 1.31. The molecule has 0 spiro atoms. The number of rotatable bonds is 3. The van der Waals surface area contributed by atoms with Crippen LogP contribution < -0.4 is 11.0 Å². The van der Waals surface area contributed by atoms with Gasteiger partial charge in [0.2, 0.25) is 5.88 Å². The van der Waals surface area contributed by atoms with Crippen molar-refractivity contribution in [3.05, 3.63) is 69.2 Å². The maximum atomic E-state index is 13.7. The van der Waals surface area contributed by atoms with Gasteiger partial charge in [0.25, 0.3) is 5.91 Å². The molecule has 3 aromatic rings. The number of pyridine rings is 1. The summed E-state index contributed by atoms with van der Waals surface area (Å²) in [5.74, 6) is -1.74. The molecule has 3 heterocycles. The molecule has 1 amide bonds. The predicted molar refractivity (Wildman–Crippen MR) is 98.5 cm³/mol. The molecule has 10 heteroatoms. The SMILES string of the molecule is O=C(Nc1ccc(-n2c(O)c3n(c2=O)CCOC3)c(Cl)c1)c1ncccc1F. The number of carbonyl (C=O) groups is 1. The average molecular weight is 405 g/mol. The summed E-state index contributed by atoms with van der Waals surface area (Å²) in [4.78, 5) is 28.5. The second-order valence-corrected chi connectivity index (χ2v) is 6.45. The first-order chi connectivity index (χ1) is 13.5. The fraction of sp³-hybridized carbons (Fsp3) is 0.167. The second-order valence-electron chi connectivity index (χ2n) is 6.05. The van der Waals surface area contributed by atoms with Crippen LogP contribution in [0, 0.1) is 5.82 Å². The van der Waals surface area contributed by atoms with E-state index in [0.29, 0.717) is 18.8 Å². The largest absolute Gasteiger partial charge is 0.493 e. The van der Waals surface area contributed by atoms with Crippen molar-refractivity contribution in [3.8, 4) is 11.6 Å². The normalized spacial score (nSPS) is 13.2. The summed E-state index contributed by atoms with van der Waals surface area (Å²) in [5, 5.41) is 13.0. The summed E-state index contributed by atoms with van der Waals surface area (Å²) in [5.41, 5.74) is 0.105. The maximum absolute atomic E-state index is 13.7. The molecule has 2 aromatic heterocycles. The van der Waals surface area contributed by atoms with E-state index < -0.39 is 17.4 Å². The summed E-state index contributed by atoms with van der Waals surface area (Å²) in [6, 6.07) is 6.87. The number of halogens is 2. The fourth-order valence-corrected chi connectivity index (χ4v) is 3.27. The molecule has 28 heavy (non-hydrogen) atoms. The van der Waals surface area contributed by atoms with E-state index in [-0.39, 0.29) is 34.6 Å². The van der Waals surface area contributed by atoms with Crippen LogP contribution in [0.25, 0.3) is 5.69 Å². The molecule has 8 nitrogen and oxygen atoms in total. The third-order valence-corrected chi connectivity index (χ3v) is 4.64. The minimum Gasteiger partial charge on any atom is -0.493 e. The number of nitrogens with one attached hydrogen (secondary N) is 1. The number of aromatic nitrogens is 3. The van der Waals surface area contributed by atoms with Crippen LogP contribution >= 0.6 is 11.6 Å². The molecule has 0 bridgehead atoms. The van der Waals surface area contributed by atoms with E-state index in [1.807, 2.05) is 0 Å². The van der Waals surface area contributed by atoms with E-state index in [4.69, 9.17) is 16.3 Å². The highest BCUT2D eigenvalue weighted by Gasteiger charge is 2.24. The summed E-state index contributed by atoms with van der Waals surface area (Å²) < 4.78 is 21.5. The van der Waals surface area contributed by atoms with Gasteiger partial charge in [-0.2, -0.15) is 0 Å². The van der Waals surface area contributed by atoms with E-state index in [9.17, 15) is 19.1 Å². The zero-order valence-corrected chi connectivity index (χ0v) is 15.1. The number of imidazole rings is 1. The van der Waals surface area contributed by atoms with Gasteiger partial charge >= 0.3 is 5.69 Å². The summed E-state index contributed by atoms with van der Waals surface area (Å²) in [7, 11) is 0. The molecule has 0 unspecified atom stereocenters. The Morgan fingerprint density at radius 1 is 1.36 bits per heavy atom. The number of nitrogens with zero attached hydrogens (tertiary/aromatic N) is 3. The number of carbonyl (C=O) groups excluding carboxylic acids is 1. The Hall–Kier alpha value is -3.17. The molecule has 144 valence electrons. The van der Waals surface area contributed by atoms with Crippen LogP contribution in [0.5, 0.6) is 5.88 Å². The highest BCUT2D eigenvalue weighted by Crippen LogP contribution is 2.29. The maximum Gasteiger partial charge on any atom is 0.336 e. The third kappa shape index (κ3) is 3.04. The minimum atomic E-state index is -0.749. The Morgan fingerprint density at radius 3 is 2.89 bits per heavy atom. The Morgan fingerprint density at radius 2 is 2.18 bits per heavy atom. The van der Waals surface area contributed by atoms with E-state index in [1.165, 1.54) is 35.0 Å². The first-order valence-electron chi connectivity index (χ1n) is 8.30. The van der Waals surface area contributed by atoms with Crippen LogP contribution in [-0.4, -0.2) is 31.7 Å². The molecule has 0 radical (unpaired) electrons. The molecule has 1 aliphatic heterocycles. The van der Waals surface area contributed by atoms with Gasteiger partial charge in [0.1, 0.15) is 5.69 Å². The van der Waals surface area contributed by atoms with Gasteiger partial charge in [0.05, 0.1) is 30.5 Å². The van der Waals surface area contributed by atoms with Crippen molar-refractivity contribution in [3.63, 3.8) is 0 Å². The summed E-state index contributed by atoms with van der Waals surface area (Å²) in [6.45, 7) is 0.824. The first-order valence-corrected chi connectivity index (χ1v) is 8.68. The Kier molecular flexibility index (Phi) is 4.62. The molecule has 1 aromatic carbocycles. The first kappa shape index (κ1) is 18.2. The quantitative estimate of drug-likeness (QED) is 0.698. The van der Waals surface area contributed by atoms with Crippen LogP contribution in [0.4, 0.5) is 10.1 Å². The van der Waals surface area contributed by atoms with E-state index >= 15 is 0 Å². The molecule has 2 N–H and O–H groups in total. The number of hydrogen-bond acceptors (Lipinski definition) is 5. The Labute approximate surface area is 162 Å². The van der Waals surface area contributed by atoms with Crippen molar-refractivity contribution in [2.75, 3.05) is 11.9 Å². The highest BCUT2D eigenvalue weighted by molar-refractivity contribution is 6.32. The van der Waals surface area contributed by atoms with Crippen molar-refractivity contribution < 1.29 is 19.0 Å². The van der Waals surface area contributed by atoms with Crippen molar-refractivity contribution in [2.45, 2.75) is 13.2 Å². The van der Waals surface area contributed by atoms with Gasteiger partial charge in [-0.3, -0.25) is 9.36 Å². The third-order valence-electron chi connectivity index (χ3n) is 4.34. The number of hydrogen-bond donors (Lipinski definition) is 2. The molecular formula is C18H14ClFN4O4. The molecule has 1 aliphatic rings. The van der Waals surface area contributed by atoms with Crippen molar-refractivity contribution >= 4 is 23.2 Å². The number of aromatic hydroxyl groups is 1. The number of amides is 1. The monoisotopic (exact) mass is 404 g/mol. The number of benzene rings is 1. The Bertz CT molecular complexity index is 1140. The highest BCUT2D eigenvalue weighted by atomic mass is 35.5. The zero-order chi connectivity index (χ0) is 19.8. The van der Waals surface area contributed by atoms with Crippen molar-refractivity contribution in [1.82, 2.24) is 14.1 Å². The molecule has 0 aliphatic carbocycles. The molecular weight excluding hydrogens is 391 g/mol. The van der Waals surface area contributed by atoms with Gasteiger partial charge in [0, 0.05) is 11.9 Å². The van der Waals surface area contributed by atoms with Crippen molar-refractivity contribution in [1.29, 1.82) is 0 Å². The van der Waals surface area contributed by atoms with Crippen LogP contribution in [-0.2, 0) is 17.9 Å². The Balaban J connectivity index is 1.66. The smallest absolute Gasteiger partial charge is 0.336 e. The second kappa shape index (κ2) is 7.10. The molecule has 0 saturated carbocycles. The lowest BCUT2D eigenvalue weighted by molar-refractivity contribution is 0.0819. The lowest BCUT2D eigenvalue weighted by Gasteiger charge is -2.13. The van der Waals surface area contributed by atoms with Crippen molar-refractivity contribution in [2.24, 2.45) is 0 Å². The predicted octanol–water partition coefficient (Wildman–Crippen LogP) is 2.31. The molecule has 4 rings (SSSR count). The lowest BCUT2D eigenvalue weighted by atomic mass is 10.2. The number of ether oxygens (including phenoxy) is 1. The minimum absolute atomic E-state index is 0.112. The van der Waals surface area contributed by atoms with Crippen LogP contribution in [0.2, 0.25) is 5.02 Å². The van der Waals surface area contributed by atoms with Gasteiger partial charge in [-0.1, -0.05) is 11.6 Å². The van der Waals surface area contributed by atoms with E-state index in [1.54, 1.807) is 0 Å². The van der Waals surface area contributed by atoms with E-state index in [0.717, 1.165) is 10.6 Å². The van der Waals surface area contributed by atoms with E-state index in [2.05, 4.69) is 10.3 Å². The molecule has 0 fully saturated rings.